The van der Waals surface area contributed by atoms with Crippen LogP contribution in [0.5, 0.6) is 11.5 Å². The molecule has 1 heterocycles. The summed E-state index contributed by atoms with van der Waals surface area (Å²) in [6.07, 6.45) is 3.85. The molecular weight excluding hydrogens is 368 g/mol. The molecule has 0 radical (unpaired) electrons. The van der Waals surface area contributed by atoms with Gasteiger partial charge in [0, 0.05) is 19.2 Å². The van der Waals surface area contributed by atoms with Crippen LogP contribution in [0.15, 0.2) is 60.0 Å². The molecule has 8 heteroatoms. The number of hydrogen-bond donors (Lipinski definition) is 0. The smallest absolute Gasteiger partial charge is 0.312 e. The highest BCUT2D eigenvalue weighted by molar-refractivity contribution is 7.89. The molecule has 27 heavy (non-hydrogen) atoms. The molecule has 1 fully saturated rings. The molecule has 0 atom stereocenters. The Morgan fingerprint density at radius 1 is 1.15 bits per heavy atom. The summed E-state index contributed by atoms with van der Waals surface area (Å²) < 4.78 is 32.4. The number of para-hydroxylation sites is 1. The Bertz CT molecular complexity index is 966. The molecule has 0 amide bonds. The van der Waals surface area contributed by atoms with Gasteiger partial charge in [0.05, 0.1) is 9.82 Å². The Morgan fingerprint density at radius 2 is 1.85 bits per heavy atom. The normalized spacial score (nSPS) is 14.8. The molecule has 0 N–H and O–H groups in total. The van der Waals surface area contributed by atoms with E-state index in [0.29, 0.717) is 25.3 Å². The Hall–Kier alpha value is -2.71. The molecule has 2 aromatic rings. The summed E-state index contributed by atoms with van der Waals surface area (Å²) in [7, 11) is -3.74. The van der Waals surface area contributed by atoms with Crippen LogP contribution in [0.4, 0.5) is 5.69 Å². The van der Waals surface area contributed by atoms with Crippen LogP contribution in [-0.2, 0) is 16.4 Å². The van der Waals surface area contributed by atoms with Crippen LogP contribution >= 0.6 is 0 Å². The number of allylic oxidation sites excluding steroid dienone is 1. The highest BCUT2D eigenvalue weighted by Gasteiger charge is 2.30. The van der Waals surface area contributed by atoms with E-state index in [-0.39, 0.29) is 16.3 Å². The van der Waals surface area contributed by atoms with Crippen molar-refractivity contribution in [2.45, 2.75) is 24.2 Å². The number of nitro benzene ring substituents is 1. The summed E-state index contributed by atoms with van der Waals surface area (Å²) in [6, 6.07) is 10.9. The van der Waals surface area contributed by atoms with E-state index in [0.717, 1.165) is 24.5 Å². The lowest BCUT2D eigenvalue weighted by atomic mass is 10.1. The third-order valence-electron chi connectivity index (χ3n) is 4.39. The van der Waals surface area contributed by atoms with Crippen molar-refractivity contribution in [3.8, 4) is 11.5 Å². The molecule has 142 valence electrons. The topological polar surface area (TPSA) is 89.8 Å². The van der Waals surface area contributed by atoms with E-state index in [9.17, 15) is 18.5 Å². The first-order chi connectivity index (χ1) is 12.9. The minimum Gasteiger partial charge on any atom is -0.450 e. The Labute approximate surface area is 158 Å². The predicted octanol–water partition coefficient (Wildman–Crippen LogP) is 3.90. The van der Waals surface area contributed by atoms with Gasteiger partial charge in [-0.05, 0) is 43.0 Å². The third kappa shape index (κ3) is 4.01. The summed E-state index contributed by atoms with van der Waals surface area (Å²) >= 11 is 0. The molecule has 0 saturated carbocycles. The second-order valence-corrected chi connectivity index (χ2v) is 8.14. The summed E-state index contributed by atoms with van der Waals surface area (Å²) in [5, 5.41) is 11.5. The second kappa shape index (κ2) is 7.89. The third-order valence-corrected chi connectivity index (χ3v) is 6.28. The fourth-order valence-electron chi connectivity index (χ4n) is 3.01. The van der Waals surface area contributed by atoms with E-state index in [1.165, 1.54) is 16.4 Å². The molecule has 2 aromatic carbocycles. The largest absolute Gasteiger partial charge is 0.450 e. The number of rotatable bonds is 7. The summed E-state index contributed by atoms with van der Waals surface area (Å²) in [4.78, 5) is 10.8. The Balaban J connectivity index is 1.98. The lowest BCUT2D eigenvalue weighted by molar-refractivity contribution is -0.385. The second-order valence-electron chi connectivity index (χ2n) is 6.20. The number of ether oxygens (including phenoxy) is 1. The molecule has 0 unspecified atom stereocenters. The molecule has 7 nitrogen and oxygen atoms in total. The van der Waals surface area contributed by atoms with Crippen LogP contribution in [0.1, 0.15) is 18.4 Å². The van der Waals surface area contributed by atoms with Gasteiger partial charge in [0.15, 0.2) is 0 Å². The van der Waals surface area contributed by atoms with Crippen LogP contribution in [0.2, 0.25) is 0 Å². The van der Waals surface area contributed by atoms with Crippen LogP contribution < -0.4 is 4.74 Å². The van der Waals surface area contributed by atoms with Crippen molar-refractivity contribution in [1.82, 2.24) is 4.31 Å². The molecule has 1 aliphatic rings. The van der Waals surface area contributed by atoms with Gasteiger partial charge in [-0.1, -0.05) is 24.3 Å². The van der Waals surface area contributed by atoms with Crippen molar-refractivity contribution < 1.29 is 18.1 Å². The first kappa shape index (κ1) is 19.1. The van der Waals surface area contributed by atoms with Crippen LogP contribution in [0.25, 0.3) is 0 Å². The zero-order chi connectivity index (χ0) is 19.4. The van der Waals surface area contributed by atoms with E-state index < -0.39 is 14.9 Å². The minimum absolute atomic E-state index is 0.00289. The van der Waals surface area contributed by atoms with Crippen LogP contribution in [0.3, 0.4) is 0 Å². The number of nitro groups is 1. The van der Waals surface area contributed by atoms with E-state index in [1.807, 2.05) is 12.1 Å². The maximum Gasteiger partial charge on any atom is 0.312 e. The molecular formula is C19H20N2O5S. The monoisotopic (exact) mass is 388 g/mol. The summed E-state index contributed by atoms with van der Waals surface area (Å²) in [5.74, 6) is 0.465. The number of benzene rings is 2. The highest BCUT2D eigenvalue weighted by atomic mass is 32.2. The van der Waals surface area contributed by atoms with Gasteiger partial charge in [0.2, 0.25) is 15.8 Å². The van der Waals surface area contributed by atoms with Crippen LogP contribution in [0, 0.1) is 10.1 Å². The van der Waals surface area contributed by atoms with Gasteiger partial charge in [-0.3, -0.25) is 10.1 Å². The zero-order valence-corrected chi connectivity index (χ0v) is 15.5. The first-order valence-electron chi connectivity index (χ1n) is 8.58. The highest BCUT2D eigenvalue weighted by Crippen LogP contribution is 2.35. The van der Waals surface area contributed by atoms with Crippen molar-refractivity contribution >= 4 is 15.7 Å². The summed E-state index contributed by atoms with van der Waals surface area (Å²) in [5.41, 5.74) is 0.444. The van der Waals surface area contributed by atoms with Gasteiger partial charge in [0.25, 0.3) is 0 Å². The first-order valence-corrected chi connectivity index (χ1v) is 10.0. The number of hydrogen-bond acceptors (Lipinski definition) is 5. The average Bonchev–Trinajstić information content (AvgIpc) is 3.19. The quantitative estimate of drug-likeness (QED) is 0.408. The summed E-state index contributed by atoms with van der Waals surface area (Å²) in [6.45, 7) is 4.56. The van der Waals surface area contributed by atoms with Gasteiger partial charge in [-0.2, -0.15) is 4.31 Å². The van der Waals surface area contributed by atoms with Crippen molar-refractivity contribution in [3.05, 3.63) is 70.8 Å². The molecule has 0 bridgehead atoms. The van der Waals surface area contributed by atoms with Gasteiger partial charge in [-0.25, -0.2) is 8.42 Å². The van der Waals surface area contributed by atoms with Crippen molar-refractivity contribution in [1.29, 1.82) is 0 Å². The molecule has 1 saturated heterocycles. The zero-order valence-electron chi connectivity index (χ0n) is 14.7. The van der Waals surface area contributed by atoms with E-state index in [1.54, 1.807) is 18.2 Å². The van der Waals surface area contributed by atoms with Crippen molar-refractivity contribution in [2.24, 2.45) is 0 Å². The predicted molar refractivity (Wildman–Crippen MR) is 102 cm³/mol. The minimum atomic E-state index is -3.74. The fraction of sp³-hybridized carbons (Fsp3) is 0.263. The van der Waals surface area contributed by atoms with Gasteiger partial charge in [-0.15, -0.1) is 6.58 Å². The number of sulfonamides is 1. The van der Waals surface area contributed by atoms with Gasteiger partial charge < -0.3 is 4.74 Å². The molecule has 1 aliphatic heterocycles. The van der Waals surface area contributed by atoms with Crippen molar-refractivity contribution in [2.75, 3.05) is 13.1 Å². The van der Waals surface area contributed by atoms with Crippen LogP contribution in [-0.4, -0.2) is 30.7 Å². The molecule has 0 aromatic heterocycles. The Morgan fingerprint density at radius 3 is 2.52 bits per heavy atom. The lowest BCUT2D eigenvalue weighted by Gasteiger charge is -2.16. The average molecular weight is 388 g/mol. The van der Waals surface area contributed by atoms with E-state index >= 15 is 0 Å². The standard InChI is InChI=1S/C19H20N2O5S/c1-2-7-15-8-3-4-9-18(15)26-19-11-10-16(14-17(19)21(22)23)27(24,25)20-12-5-6-13-20/h2-4,8-11,14H,1,5-7,12-13H2. The van der Waals surface area contributed by atoms with Gasteiger partial charge in [0.1, 0.15) is 5.75 Å². The maximum absolute atomic E-state index is 12.7. The van der Waals surface area contributed by atoms with E-state index in [4.69, 9.17) is 4.74 Å². The molecule has 3 rings (SSSR count). The Kier molecular flexibility index (Phi) is 5.57. The van der Waals surface area contributed by atoms with Crippen molar-refractivity contribution in [3.63, 3.8) is 0 Å². The SMILES string of the molecule is C=CCc1ccccc1Oc1ccc(S(=O)(=O)N2CCCC2)cc1[N+](=O)[O-]. The lowest BCUT2D eigenvalue weighted by Crippen LogP contribution is -2.27. The molecule has 0 spiro atoms. The molecule has 0 aliphatic carbocycles. The fourth-order valence-corrected chi connectivity index (χ4v) is 4.55. The van der Waals surface area contributed by atoms with Gasteiger partial charge >= 0.3 is 5.69 Å². The number of nitrogens with zero attached hydrogens (tertiary/aromatic N) is 2. The van der Waals surface area contributed by atoms with E-state index in [2.05, 4.69) is 6.58 Å². The maximum atomic E-state index is 12.7.